The lowest BCUT2D eigenvalue weighted by atomic mass is 10.2. The Hall–Kier alpha value is -1.93. The number of nitrogen functional groups attached to an aromatic ring is 1. The van der Waals surface area contributed by atoms with Gasteiger partial charge in [-0.3, -0.25) is 9.36 Å². The van der Waals surface area contributed by atoms with Gasteiger partial charge in [0.25, 0.3) is 0 Å². The van der Waals surface area contributed by atoms with Gasteiger partial charge in [-0.15, -0.1) is 5.10 Å². The lowest BCUT2D eigenvalue weighted by Gasteiger charge is -2.08. The molecule has 1 amide bonds. The molecule has 1 aromatic heterocycles. The van der Waals surface area contributed by atoms with E-state index in [1.807, 2.05) is 0 Å². The Labute approximate surface area is 129 Å². The molecule has 1 aromatic carbocycles. The van der Waals surface area contributed by atoms with E-state index in [2.05, 4.69) is 15.5 Å². The highest BCUT2D eigenvalue weighted by atomic mass is 35.5. The number of hydrogen-bond acceptors (Lipinski definition) is 5. The molecule has 0 aliphatic heterocycles. The first-order valence-electron chi connectivity index (χ1n) is 6.06. The average Bonchev–Trinajstić information content (AvgIpc) is 2.75. The second-order valence-corrected chi connectivity index (χ2v) is 5.75. The number of amides is 1. The number of carbonyl (C=O) groups is 1. The number of nitrogens with zero attached hydrogens (tertiary/aromatic N) is 2. The SMILES string of the molecule is Cn1c(SCCC(=O)Nc2cc(Cl)ccc2N)n[nH]c1=O. The molecule has 2 aromatic rings. The van der Waals surface area contributed by atoms with Gasteiger partial charge in [0, 0.05) is 24.2 Å². The van der Waals surface area contributed by atoms with E-state index in [0.29, 0.717) is 27.3 Å². The van der Waals surface area contributed by atoms with E-state index in [4.69, 9.17) is 17.3 Å². The highest BCUT2D eigenvalue weighted by Crippen LogP contribution is 2.23. The highest BCUT2D eigenvalue weighted by Gasteiger charge is 2.09. The first kappa shape index (κ1) is 15.5. The van der Waals surface area contributed by atoms with Gasteiger partial charge < -0.3 is 11.1 Å². The predicted octanol–water partition coefficient (Wildman–Crippen LogP) is 1.46. The third-order valence-corrected chi connectivity index (χ3v) is 3.96. The van der Waals surface area contributed by atoms with Crippen LogP contribution in [0, 0.1) is 0 Å². The minimum Gasteiger partial charge on any atom is -0.397 e. The van der Waals surface area contributed by atoms with Crippen molar-refractivity contribution in [3.63, 3.8) is 0 Å². The zero-order valence-electron chi connectivity index (χ0n) is 11.2. The number of H-pyrrole nitrogens is 1. The fourth-order valence-electron chi connectivity index (χ4n) is 1.55. The molecule has 0 fully saturated rings. The van der Waals surface area contributed by atoms with Crippen molar-refractivity contribution in [1.29, 1.82) is 0 Å². The molecule has 0 saturated heterocycles. The summed E-state index contributed by atoms with van der Waals surface area (Å²) in [5.74, 6) is 0.307. The second kappa shape index (κ2) is 6.68. The minimum atomic E-state index is -0.284. The lowest BCUT2D eigenvalue weighted by Crippen LogP contribution is -2.14. The van der Waals surface area contributed by atoms with Crippen molar-refractivity contribution in [2.45, 2.75) is 11.6 Å². The Morgan fingerprint density at radius 1 is 1.57 bits per heavy atom. The van der Waals surface area contributed by atoms with E-state index < -0.39 is 0 Å². The number of anilines is 2. The fraction of sp³-hybridized carbons (Fsp3) is 0.250. The zero-order valence-corrected chi connectivity index (χ0v) is 12.8. The number of rotatable bonds is 5. The van der Waals surface area contributed by atoms with Crippen molar-refractivity contribution < 1.29 is 4.79 Å². The maximum absolute atomic E-state index is 11.8. The molecule has 0 spiro atoms. The molecule has 0 radical (unpaired) electrons. The maximum Gasteiger partial charge on any atom is 0.343 e. The van der Waals surface area contributed by atoms with Gasteiger partial charge in [-0.2, -0.15) is 0 Å². The summed E-state index contributed by atoms with van der Waals surface area (Å²) >= 11 is 7.17. The molecule has 0 aliphatic carbocycles. The molecule has 2 rings (SSSR count). The summed E-state index contributed by atoms with van der Waals surface area (Å²) in [6.07, 6.45) is 0.262. The summed E-state index contributed by atoms with van der Waals surface area (Å²) in [6, 6.07) is 4.88. The van der Waals surface area contributed by atoms with E-state index >= 15 is 0 Å². The molecule has 9 heteroatoms. The van der Waals surface area contributed by atoms with Crippen LogP contribution in [0.4, 0.5) is 11.4 Å². The van der Waals surface area contributed by atoms with Crippen LogP contribution in [0.1, 0.15) is 6.42 Å². The van der Waals surface area contributed by atoms with Crippen LogP contribution in [-0.4, -0.2) is 26.4 Å². The van der Waals surface area contributed by atoms with E-state index in [0.717, 1.165) is 0 Å². The van der Waals surface area contributed by atoms with Gasteiger partial charge in [-0.05, 0) is 18.2 Å². The molecule has 4 N–H and O–H groups in total. The van der Waals surface area contributed by atoms with Crippen molar-refractivity contribution >= 4 is 40.6 Å². The fourth-order valence-corrected chi connectivity index (χ4v) is 2.57. The molecule has 0 aliphatic rings. The summed E-state index contributed by atoms with van der Waals surface area (Å²) in [4.78, 5) is 23.0. The van der Waals surface area contributed by atoms with Gasteiger partial charge in [0.15, 0.2) is 5.16 Å². The van der Waals surface area contributed by atoms with Crippen molar-refractivity contribution in [1.82, 2.24) is 14.8 Å². The summed E-state index contributed by atoms with van der Waals surface area (Å²) < 4.78 is 1.39. The van der Waals surface area contributed by atoms with E-state index in [9.17, 15) is 9.59 Å². The van der Waals surface area contributed by atoms with Crippen LogP contribution in [0.3, 0.4) is 0 Å². The number of nitrogens with two attached hydrogens (primary N) is 1. The molecule has 0 bridgehead atoms. The maximum atomic E-state index is 11.8. The summed E-state index contributed by atoms with van der Waals surface area (Å²) in [6.45, 7) is 0. The summed E-state index contributed by atoms with van der Waals surface area (Å²) in [7, 11) is 1.61. The number of thioether (sulfide) groups is 1. The number of aromatic nitrogens is 3. The summed E-state index contributed by atoms with van der Waals surface area (Å²) in [5.41, 5.74) is 6.41. The van der Waals surface area contributed by atoms with Gasteiger partial charge in [0.05, 0.1) is 11.4 Å². The van der Waals surface area contributed by atoms with Gasteiger partial charge in [-0.25, -0.2) is 9.89 Å². The standard InChI is InChI=1S/C12H14ClN5O2S/c1-18-11(20)16-17-12(18)21-5-4-10(19)15-9-6-7(13)2-3-8(9)14/h2-3,6H,4-5,14H2,1H3,(H,15,19)(H,16,20). The first-order chi connectivity index (χ1) is 9.97. The normalized spacial score (nSPS) is 10.6. The number of aromatic amines is 1. The monoisotopic (exact) mass is 327 g/mol. The van der Waals surface area contributed by atoms with E-state index in [-0.39, 0.29) is 18.0 Å². The zero-order chi connectivity index (χ0) is 15.4. The van der Waals surface area contributed by atoms with Crippen LogP contribution < -0.4 is 16.7 Å². The van der Waals surface area contributed by atoms with Crippen LogP contribution in [-0.2, 0) is 11.8 Å². The largest absolute Gasteiger partial charge is 0.397 e. The molecule has 21 heavy (non-hydrogen) atoms. The van der Waals surface area contributed by atoms with Crippen LogP contribution in [0.15, 0.2) is 28.2 Å². The first-order valence-corrected chi connectivity index (χ1v) is 7.43. The molecule has 0 atom stereocenters. The third-order valence-electron chi connectivity index (χ3n) is 2.69. The lowest BCUT2D eigenvalue weighted by molar-refractivity contribution is -0.115. The summed E-state index contributed by atoms with van der Waals surface area (Å²) in [5, 5.41) is 9.91. The third kappa shape index (κ3) is 4.02. The van der Waals surface area contributed by atoms with Crippen molar-refractivity contribution in [2.75, 3.05) is 16.8 Å². The highest BCUT2D eigenvalue weighted by molar-refractivity contribution is 7.99. The average molecular weight is 328 g/mol. The molecule has 0 saturated carbocycles. The quantitative estimate of drug-likeness (QED) is 0.569. The molecule has 1 heterocycles. The molecule has 7 nitrogen and oxygen atoms in total. The Morgan fingerprint density at radius 3 is 3.00 bits per heavy atom. The van der Waals surface area contributed by atoms with Gasteiger partial charge >= 0.3 is 5.69 Å². The number of halogens is 1. The Balaban J connectivity index is 1.86. The van der Waals surface area contributed by atoms with E-state index in [1.54, 1.807) is 25.2 Å². The number of carbonyl (C=O) groups excluding carboxylic acids is 1. The van der Waals surface area contributed by atoms with Crippen molar-refractivity contribution in [3.05, 3.63) is 33.7 Å². The molecular weight excluding hydrogens is 314 g/mol. The smallest absolute Gasteiger partial charge is 0.343 e. The number of nitrogens with one attached hydrogen (secondary N) is 2. The Morgan fingerprint density at radius 2 is 2.33 bits per heavy atom. The van der Waals surface area contributed by atoms with Gasteiger partial charge in [-0.1, -0.05) is 23.4 Å². The van der Waals surface area contributed by atoms with Crippen molar-refractivity contribution in [3.8, 4) is 0 Å². The van der Waals surface area contributed by atoms with Gasteiger partial charge in [0.2, 0.25) is 5.91 Å². The Bertz CT molecular complexity index is 712. The second-order valence-electron chi connectivity index (χ2n) is 4.25. The Kier molecular flexibility index (Phi) is 4.92. The van der Waals surface area contributed by atoms with Crippen LogP contribution in [0.2, 0.25) is 5.02 Å². The molecule has 0 unspecified atom stereocenters. The molecular formula is C12H14ClN5O2S. The topological polar surface area (TPSA) is 106 Å². The van der Waals surface area contributed by atoms with Crippen molar-refractivity contribution in [2.24, 2.45) is 7.05 Å². The number of benzene rings is 1. The van der Waals surface area contributed by atoms with Gasteiger partial charge in [0.1, 0.15) is 0 Å². The minimum absolute atomic E-state index is 0.183. The molecule has 112 valence electrons. The van der Waals surface area contributed by atoms with Crippen LogP contribution in [0.5, 0.6) is 0 Å². The predicted molar refractivity (Wildman–Crippen MR) is 83.7 cm³/mol. The van der Waals surface area contributed by atoms with Crippen LogP contribution >= 0.6 is 23.4 Å². The van der Waals surface area contributed by atoms with Crippen LogP contribution in [0.25, 0.3) is 0 Å². The van der Waals surface area contributed by atoms with E-state index in [1.165, 1.54) is 16.3 Å². The number of hydrogen-bond donors (Lipinski definition) is 3.